The number of amides is 1. The average molecular weight is 431 g/mol. The summed E-state index contributed by atoms with van der Waals surface area (Å²) in [5, 5.41) is 7.27. The first-order valence-electron chi connectivity index (χ1n) is 10.2. The largest absolute Gasteiger partial charge is 0.497 e. The molecular formula is C23H31ClN4O2. The number of nitrogens with zero attached hydrogens (tertiary/aromatic N) is 2. The Labute approximate surface area is 184 Å². The maximum atomic E-state index is 12.4. The van der Waals surface area contributed by atoms with Crippen LogP contribution >= 0.6 is 11.6 Å². The van der Waals surface area contributed by atoms with Gasteiger partial charge in [0.15, 0.2) is 5.96 Å². The average Bonchev–Trinajstić information content (AvgIpc) is 2.78. The van der Waals surface area contributed by atoms with E-state index in [0.29, 0.717) is 42.7 Å². The van der Waals surface area contributed by atoms with Crippen LogP contribution in [0.1, 0.15) is 35.3 Å². The third-order valence-corrected chi connectivity index (χ3v) is 5.23. The monoisotopic (exact) mass is 430 g/mol. The SMILES string of the molecule is CCN(CC)C(=O)c1ccc(CNC(=NC)NCCc2ccc(OC)cc2Cl)cc1. The van der Waals surface area contributed by atoms with Crippen LogP contribution in [0.4, 0.5) is 0 Å². The summed E-state index contributed by atoms with van der Waals surface area (Å²) in [5.74, 6) is 1.52. The van der Waals surface area contributed by atoms with Gasteiger partial charge in [-0.1, -0.05) is 29.8 Å². The summed E-state index contributed by atoms with van der Waals surface area (Å²) in [4.78, 5) is 18.5. The zero-order valence-electron chi connectivity index (χ0n) is 18.2. The molecule has 0 aromatic heterocycles. The molecular weight excluding hydrogens is 400 g/mol. The molecule has 0 atom stereocenters. The van der Waals surface area contributed by atoms with E-state index in [-0.39, 0.29) is 5.91 Å². The molecule has 2 aromatic rings. The normalized spacial score (nSPS) is 11.2. The van der Waals surface area contributed by atoms with Crippen molar-refractivity contribution in [3.63, 3.8) is 0 Å². The van der Waals surface area contributed by atoms with Crippen molar-refractivity contribution in [3.8, 4) is 5.75 Å². The lowest BCUT2D eigenvalue weighted by Crippen LogP contribution is -2.37. The Hall–Kier alpha value is -2.73. The molecule has 0 spiro atoms. The van der Waals surface area contributed by atoms with Crippen molar-refractivity contribution < 1.29 is 9.53 Å². The molecule has 0 saturated heterocycles. The highest BCUT2D eigenvalue weighted by Gasteiger charge is 2.12. The second-order valence-corrected chi connectivity index (χ2v) is 7.14. The molecule has 0 unspecified atom stereocenters. The van der Waals surface area contributed by atoms with Crippen molar-refractivity contribution >= 4 is 23.5 Å². The van der Waals surface area contributed by atoms with Gasteiger partial charge in [0.2, 0.25) is 0 Å². The van der Waals surface area contributed by atoms with Gasteiger partial charge in [-0.25, -0.2) is 0 Å². The number of guanidine groups is 1. The molecule has 30 heavy (non-hydrogen) atoms. The second-order valence-electron chi connectivity index (χ2n) is 6.73. The van der Waals surface area contributed by atoms with Crippen LogP contribution in [0.5, 0.6) is 5.75 Å². The van der Waals surface area contributed by atoms with Crippen LogP contribution in [-0.4, -0.2) is 50.6 Å². The van der Waals surface area contributed by atoms with Gasteiger partial charge in [-0.3, -0.25) is 9.79 Å². The Morgan fingerprint density at radius 3 is 2.37 bits per heavy atom. The van der Waals surface area contributed by atoms with E-state index in [0.717, 1.165) is 23.3 Å². The smallest absolute Gasteiger partial charge is 0.253 e. The van der Waals surface area contributed by atoms with E-state index < -0.39 is 0 Å². The number of hydrogen-bond donors (Lipinski definition) is 2. The molecule has 1 amide bonds. The van der Waals surface area contributed by atoms with Crippen LogP contribution in [0, 0.1) is 0 Å². The molecule has 162 valence electrons. The van der Waals surface area contributed by atoms with E-state index in [9.17, 15) is 4.79 Å². The summed E-state index contributed by atoms with van der Waals surface area (Å²) in [6, 6.07) is 13.4. The molecule has 7 heteroatoms. The zero-order chi connectivity index (χ0) is 21.9. The molecule has 0 aliphatic carbocycles. The topological polar surface area (TPSA) is 66.0 Å². The van der Waals surface area contributed by atoms with Gasteiger partial charge in [-0.15, -0.1) is 0 Å². The number of ether oxygens (including phenoxy) is 1. The highest BCUT2D eigenvalue weighted by atomic mass is 35.5. The van der Waals surface area contributed by atoms with Crippen molar-refractivity contribution in [1.82, 2.24) is 15.5 Å². The van der Waals surface area contributed by atoms with Crippen molar-refractivity contribution in [1.29, 1.82) is 0 Å². The van der Waals surface area contributed by atoms with E-state index in [1.807, 2.05) is 61.2 Å². The number of benzene rings is 2. The van der Waals surface area contributed by atoms with Gasteiger partial charge >= 0.3 is 0 Å². The lowest BCUT2D eigenvalue weighted by Gasteiger charge is -2.18. The molecule has 2 N–H and O–H groups in total. The molecule has 6 nitrogen and oxygen atoms in total. The van der Waals surface area contributed by atoms with E-state index in [2.05, 4.69) is 15.6 Å². The first-order chi connectivity index (χ1) is 14.5. The van der Waals surface area contributed by atoms with Gasteiger partial charge < -0.3 is 20.3 Å². The fourth-order valence-corrected chi connectivity index (χ4v) is 3.30. The minimum atomic E-state index is 0.0641. The number of carbonyl (C=O) groups is 1. The number of halogens is 1. The first-order valence-corrected chi connectivity index (χ1v) is 10.5. The fraction of sp³-hybridized carbons (Fsp3) is 0.391. The van der Waals surface area contributed by atoms with Crippen LogP contribution in [0.25, 0.3) is 0 Å². The second kappa shape index (κ2) is 12.1. The molecule has 2 aromatic carbocycles. The molecule has 2 rings (SSSR count). The van der Waals surface area contributed by atoms with Gasteiger partial charge in [0, 0.05) is 43.8 Å². The van der Waals surface area contributed by atoms with Crippen molar-refractivity contribution in [3.05, 3.63) is 64.2 Å². The van der Waals surface area contributed by atoms with Crippen LogP contribution in [0.15, 0.2) is 47.5 Å². The Bertz CT molecular complexity index is 849. The molecule has 0 aliphatic rings. The van der Waals surface area contributed by atoms with Crippen LogP contribution in [0.2, 0.25) is 5.02 Å². The summed E-state index contributed by atoms with van der Waals surface area (Å²) < 4.78 is 5.18. The van der Waals surface area contributed by atoms with Gasteiger partial charge in [0.25, 0.3) is 5.91 Å². The summed E-state index contributed by atoms with van der Waals surface area (Å²) in [5.41, 5.74) is 2.84. The predicted molar refractivity (Wildman–Crippen MR) is 124 cm³/mol. The molecule has 0 fully saturated rings. The number of aliphatic imine (C=N–C) groups is 1. The number of rotatable bonds is 9. The number of nitrogens with one attached hydrogen (secondary N) is 2. The van der Waals surface area contributed by atoms with Gasteiger partial charge in [-0.05, 0) is 55.7 Å². The summed E-state index contributed by atoms with van der Waals surface area (Å²) in [7, 11) is 3.36. The maximum Gasteiger partial charge on any atom is 0.253 e. The van der Waals surface area contributed by atoms with E-state index in [1.165, 1.54) is 0 Å². The van der Waals surface area contributed by atoms with Gasteiger partial charge in [0.05, 0.1) is 7.11 Å². The number of carbonyl (C=O) groups excluding carboxylic acids is 1. The highest BCUT2D eigenvalue weighted by Crippen LogP contribution is 2.22. The van der Waals surface area contributed by atoms with E-state index in [4.69, 9.17) is 16.3 Å². The summed E-state index contributed by atoms with van der Waals surface area (Å²) >= 11 is 6.29. The van der Waals surface area contributed by atoms with Crippen LogP contribution in [0.3, 0.4) is 0 Å². The number of methoxy groups -OCH3 is 1. The van der Waals surface area contributed by atoms with Crippen LogP contribution < -0.4 is 15.4 Å². The Kier molecular flexibility index (Phi) is 9.48. The molecule has 0 saturated carbocycles. The van der Waals surface area contributed by atoms with Gasteiger partial charge in [0.1, 0.15) is 5.75 Å². The van der Waals surface area contributed by atoms with E-state index >= 15 is 0 Å². The summed E-state index contributed by atoms with van der Waals surface area (Å²) in [6.07, 6.45) is 0.770. The minimum absolute atomic E-state index is 0.0641. The summed E-state index contributed by atoms with van der Waals surface area (Å²) in [6.45, 7) is 6.71. The Morgan fingerprint density at radius 2 is 1.80 bits per heavy atom. The predicted octanol–water partition coefficient (Wildman–Crippen LogP) is 3.74. The van der Waals surface area contributed by atoms with E-state index in [1.54, 1.807) is 14.2 Å². The minimum Gasteiger partial charge on any atom is -0.497 e. The first kappa shape index (κ1) is 23.5. The zero-order valence-corrected chi connectivity index (χ0v) is 18.9. The Balaban J connectivity index is 1.83. The van der Waals surface area contributed by atoms with Crippen molar-refractivity contribution in [2.75, 3.05) is 33.8 Å². The fourth-order valence-electron chi connectivity index (χ4n) is 3.04. The number of hydrogen-bond acceptors (Lipinski definition) is 3. The lowest BCUT2D eigenvalue weighted by atomic mass is 10.1. The quantitative estimate of drug-likeness (QED) is 0.470. The van der Waals surface area contributed by atoms with Gasteiger partial charge in [-0.2, -0.15) is 0 Å². The maximum absolute atomic E-state index is 12.4. The molecule has 0 heterocycles. The molecule has 0 aliphatic heterocycles. The highest BCUT2D eigenvalue weighted by molar-refractivity contribution is 6.31. The van der Waals surface area contributed by atoms with Crippen molar-refractivity contribution in [2.24, 2.45) is 4.99 Å². The third-order valence-electron chi connectivity index (χ3n) is 4.88. The Morgan fingerprint density at radius 1 is 1.10 bits per heavy atom. The molecule has 0 bridgehead atoms. The third kappa shape index (κ3) is 6.66. The van der Waals surface area contributed by atoms with Crippen LogP contribution in [-0.2, 0) is 13.0 Å². The molecule has 0 radical (unpaired) electrons. The van der Waals surface area contributed by atoms with Crippen molar-refractivity contribution in [2.45, 2.75) is 26.8 Å². The lowest BCUT2D eigenvalue weighted by molar-refractivity contribution is 0.0773. The standard InChI is InChI=1S/C23H31ClN4O2/c1-5-28(6-2)22(29)19-9-7-17(8-10-19)16-27-23(25-3)26-14-13-18-11-12-20(30-4)15-21(18)24/h7-12,15H,5-6,13-14,16H2,1-4H3,(H2,25,26,27).